The highest BCUT2D eigenvalue weighted by Gasteiger charge is 2.32. The fourth-order valence-electron chi connectivity index (χ4n) is 2.52. The van der Waals surface area contributed by atoms with E-state index in [4.69, 9.17) is 9.47 Å². The van der Waals surface area contributed by atoms with Crippen LogP contribution in [-0.2, 0) is 16.1 Å². The third-order valence-corrected chi connectivity index (χ3v) is 3.56. The number of nitrogens with zero attached hydrogens (tertiary/aromatic N) is 1. The van der Waals surface area contributed by atoms with Crippen molar-refractivity contribution in [3.63, 3.8) is 0 Å². The smallest absolute Gasteiger partial charge is 0.323 e. The number of likely N-dealkylation sites (tertiary alicyclic amines) is 1. The summed E-state index contributed by atoms with van der Waals surface area (Å²) in [6, 6.07) is 4.55. The van der Waals surface area contributed by atoms with Crippen molar-refractivity contribution in [1.29, 1.82) is 0 Å². The van der Waals surface area contributed by atoms with Gasteiger partial charge in [-0.15, -0.1) is 0 Å². The van der Waals surface area contributed by atoms with Gasteiger partial charge < -0.3 is 9.47 Å². The average Bonchev–Trinajstić information content (AvgIpc) is 2.89. The highest BCUT2D eigenvalue weighted by Crippen LogP contribution is 2.24. The summed E-state index contributed by atoms with van der Waals surface area (Å²) in [4.78, 5) is 13.8. The molecule has 0 radical (unpaired) electrons. The molecule has 0 amide bonds. The molecule has 0 N–H and O–H groups in total. The van der Waals surface area contributed by atoms with Crippen molar-refractivity contribution in [2.24, 2.45) is 0 Å². The Labute approximate surface area is 118 Å². The zero-order valence-corrected chi connectivity index (χ0v) is 11.9. The molecule has 1 aliphatic heterocycles. The summed E-state index contributed by atoms with van der Waals surface area (Å²) in [7, 11) is 1.51. The first-order valence-electron chi connectivity index (χ1n) is 6.88. The molecule has 5 heteroatoms. The maximum Gasteiger partial charge on any atom is 0.323 e. The van der Waals surface area contributed by atoms with Gasteiger partial charge in [0.2, 0.25) is 0 Å². The second-order valence-corrected chi connectivity index (χ2v) is 4.84. The number of hydrogen-bond acceptors (Lipinski definition) is 4. The van der Waals surface area contributed by atoms with E-state index in [0.717, 1.165) is 19.4 Å². The molecular formula is C15H20FNO3. The van der Waals surface area contributed by atoms with Crippen molar-refractivity contribution in [3.8, 4) is 5.75 Å². The van der Waals surface area contributed by atoms with Gasteiger partial charge in [-0.05, 0) is 32.4 Å². The lowest BCUT2D eigenvalue weighted by Crippen LogP contribution is -2.37. The molecule has 1 saturated heterocycles. The van der Waals surface area contributed by atoms with Crippen molar-refractivity contribution in [2.45, 2.75) is 32.4 Å². The van der Waals surface area contributed by atoms with Gasteiger partial charge in [-0.25, -0.2) is 4.39 Å². The number of methoxy groups -OCH3 is 1. The van der Waals surface area contributed by atoms with E-state index in [-0.39, 0.29) is 17.8 Å². The fraction of sp³-hybridized carbons (Fsp3) is 0.533. The maximum absolute atomic E-state index is 13.9. The molecule has 20 heavy (non-hydrogen) atoms. The van der Waals surface area contributed by atoms with Crippen LogP contribution < -0.4 is 4.74 Å². The van der Waals surface area contributed by atoms with Crippen molar-refractivity contribution >= 4 is 5.97 Å². The van der Waals surface area contributed by atoms with E-state index in [1.165, 1.54) is 13.2 Å². The summed E-state index contributed by atoms with van der Waals surface area (Å²) in [5, 5.41) is 0. The molecule has 0 bridgehead atoms. The second kappa shape index (κ2) is 6.70. The van der Waals surface area contributed by atoms with Crippen LogP contribution in [0.1, 0.15) is 25.3 Å². The van der Waals surface area contributed by atoms with Gasteiger partial charge in [0.1, 0.15) is 17.6 Å². The van der Waals surface area contributed by atoms with Gasteiger partial charge in [-0.2, -0.15) is 0 Å². The van der Waals surface area contributed by atoms with Crippen LogP contribution in [0.25, 0.3) is 0 Å². The number of halogens is 1. The lowest BCUT2D eigenvalue weighted by atomic mass is 10.1. The van der Waals surface area contributed by atoms with Gasteiger partial charge in [-0.1, -0.05) is 6.07 Å². The molecule has 2 rings (SSSR count). The number of carbonyl (C=O) groups is 1. The molecule has 4 nitrogen and oxygen atoms in total. The van der Waals surface area contributed by atoms with Crippen molar-refractivity contribution in [1.82, 2.24) is 4.90 Å². The normalized spacial score (nSPS) is 19.1. The molecule has 1 aromatic rings. The minimum Gasteiger partial charge on any atom is -0.497 e. The molecule has 1 fully saturated rings. The summed E-state index contributed by atoms with van der Waals surface area (Å²) in [6.45, 7) is 3.37. The first-order chi connectivity index (χ1) is 9.65. The van der Waals surface area contributed by atoms with Gasteiger partial charge >= 0.3 is 5.97 Å². The van der Waals surface area contributed by atoms with E-state index < -0.39 is 0 Å². The highest BCUT2D eigenvalue weighted by molar-refractivity contribution is 5.76. The molecule has 0 aromatic heterocycles. The van der Waals surface area contributed by atoms with E-state index in [1.54, 1.807) is 19.1 Å². The van der Waals surface area contributed by atoms with Crippen LogP contribution in [0.3, 0.4) is 0 Å². The monoisotopic (exact) mass is 281 g/mol. The summed E-state index contributed by atoms with van der Waals surface area (Å²) in [5.41, 5.74) is 0.571. The maximum atomic E-state index is 13.9. The van der Waals surface area contributed by atoms with Crippen LogP contribution >= 0.6 is 0 Å². The molecular weight excluding hydrogens is 261 g/mol. The Hall–Kier alpha value is -1.62. The van der Waals surface area contributed by atoms with Gasteiger partial charge in [0.25, 0.3) is 0 Å². The molecule has 1 atom stereocenters. The number of benzene rings is 1. The van der Waals surface area contributed by atoms with Gasteiger partial charge in [0.15, 0.2) is 0 Å². The summed E-state index contributed by atoms with van der Waals surface area (Å²) >= 11 is 0. The lowest BCUT2D eigenvalue weighted by molar-refractivity contribution is -0.148. The molecule has 1 heterocycles. The second-order valence-electron chi connectivity index (χ2n) is 4.84. The quantitative estimate of drug-likeness (QED) is 0.777. The first kappa shape index (κ1) is 14.8. The minimum atomic E-state index is -0.307. The van der Waals surface area contributed by atoms with Crippen molar-refractivity contribution < 1.29 is 18.7 Å². The third-order valence-electron chi connectivity index (χ3n) is 3.56. The van der Waals surface area contributed by atoms with Crippen molar-refractivity contribution in [2.75, 3.05) is 20.3 Å². The average molecular weight is 281 g/mol. The van der Waals surface area contributed by atoms with E-state index in [0.29, 0.717) is 24.5 Å². The van der Waals surface area contributed by atoms with E-state index in [9.17, 15) is 9.18 Å². The van der Waals surface area contributed by atoms with Crippen LogP contribution in [0.15, 0.2) is 18.2 Å². The van der Waals surface area contributed by atoms with Crippen LogP contribution in [0.4, 0.5) is 4.39 Å². The third kappa shape index (κ3) is 3.28. The predicted octanol–water partition coefficient (Wildman–Crippen LogP) is 2.36. The standard InChI is InChI=1S/C15H20FNO3/c1-3-20-15(18)14-5-4-8-17(14)10-11-6-7-12(19-2)9-13(11)16/h6-7,9,14H,3-5,8,10H2,1-2H3. The minimum absolute atomic E-state index is 0.209. The van der Waals surface area contributed by atoms with E-state index in [1.807, 2.05) is 4.90 Å². The molecule has 1 aromatic carbocycles. The van der Waals surface area contributed by atoms with Gasteiger partial charge in [-0.3, -0.25) is 9.69 Å². The largest absolute Gasteiger partial charge is 0.497 e. The number of rotatable bonds is 5. The lowest BCUT2D eigenvalue weighted by Gasteiger charge is -2.23. The molecule has 1 unspecified atom stereocenters. The Kier molecular flexibility index (Phi) is 4.95. The molecule has 1 aliphatic rings. The molecule has 110 valence electrons. The summed E-state index contributed by atoms with van der Waals surface area (Å²) < 4.78 is 24.0. The fourth-order valence-corrected chi connectivity index (χ4v) is 2.52. The summed E-state index contributed by atoms with van der Waals surface area (Å²) in [6.07, 6.45) is 1.71. The zero-order valence-electron chi connectivity index (χ0n) is 11.9. The zero-order chi connectivity index (χ0) is 14.5. The van der Waals surface area contributed by atoms with Crippen molar-refractivity contribution in [3.05, 3.63) is 29.6 Å². The van der Waals surface area contributed by atoms with Gasteiger partial charge in [0.05, 0.1) is 13.7 Å². The van der Waals surface area contributed by atoms with Crippen LogP contribution in [-0.4, -0.2) is 37.2 Å². The van der Waals surface area contributed by atoms with Crippen LogP contribution in [0.5, 0.6) is 5.75 Å². The molecule has 0 saturated carbocycles. The Morgan fingerprint density at radius 1 is 1.50 bits per heavy atom. The van der Waals surface area contributed by atoms with E-state index >= 15 is 0 Å². The number of hydrogen-bond donors (Lipinski definition) is 0. The number of ether oxygens (including phenoxy) is 2. The molecule has 0 spiro atoms. The van der Waals surface area contributed by atoms with Crippen LogP contribution in [0, 0.1) is 5.82 Å². The Bertz CT molecular complexity index is 478. The van der Waals surface area contributed by atoms with E-state index in [2.05, 4.69) is 0 Å². The summed E-state index contributed by atoms with van der Waals surface area (Å²) in [5.74, 6) is -0.0209. The predicted molar refractivity (Wildman–Crippen MR) is 73.0 cm³/mol. The highest BCUT2D eigenvalue weighted by atomic mass is 19.1. The first-order valence-corrected chi connectivity index (χ1v) is 6.88. The number of esters is 1. The Morgan fingerprint density at radius 2 is 2.30 bits per heavy atom. The topological polar surface area (TPSA) is 38.8 Å². The molecule has 0 aliphatic carbocycles. The Morgan fingerprint density at radius 3 is 2.95 bits per heavy atom. The van der Waals surface area contributed by atoms with Gasteiger partial charge in [0, 0.05) is 18.2 Å². The SMILES string of the molecule is CCOC(=O)C1CCCN1Cc1ccc(OC)cc1F. The number of carbonyl (C=O) groups excluding carboxylic acids is 1. The Balaban J connectivity index is 2.06. The van der Waals surface area contributed by atoms with Crippen LogP contribution in [0.2, 0.25) is 0 Å².